The molecule has 3 heterocycles. The minimum absolute atomic E-state index is 0.143. The maximum Gasteiger partial charge on any atom is 0.269 e. The van der Waals surface area contributed by atoms with Gasteiger partial charge in [0, 0.05) is 13.1 Å². The van der Waals surface area contributed by atoms with E-state index in [1.165, 1.54) is 11.3 Å². The maximum absolute atomic E-state index is 6.18. The minimum atomic E-state index is -0.143. The lowest BCUT2D eigenvalue weighted by Crippen LogP contribution is -2.33. The molecule has 0 bridgehead atoms. The van der Waals surface area contributed by atoms with Crippen LogP contribution >= 0.6 is 22.9 Å². The number of nitrogens with zero attached hydrogens (tertiary/aromatic N) is 2. The zero-order valence-corrected chi connectivity index (χ0v) is 11.3. The van der Waals surface area contributed by atoms with Crippen LogP contribution in [0, 0.1) is 6.92 Å². The molecule has 1 aliphatic rings. The quantitative estimate of drug-likeness (QED) is 0.918. The smallest absolute Gasteiger partial charge is 0.269 e. The highest BCUT2D eigenvalue weighted by atomic mass is 35.5. The summed E-state index contributed by atoms with van der Waals surface area (Å²) >= 11 is 7.68. The monoisotopic (exact) mass is 285 g/mol. The van der Waals surface area contributed by atoms with E-state index in [4.69, 9.17) is 20.9 Å². The van der Waals surface area contributed by atoms with Gasteiger partial charge in [-0.15, -0.1) is 11.3 Å². The van der Waals surface area contributed by atoms with Crippen molar-refractivity contribution in [2.24, 2.45) is 0 Å². The van der Waals surface area contributed by atoms with E-state index in [1.807, 2.05) is 12.3 Å². The van der Waals surface area contributed by atoms with Crippen molar-refractivity contribution in [3.63, 3.8) is 0 Å². The molecule has 1 fully saturated rings. The van der Waals surface area contributed by atoms with Crippen molar-refractivity contribution < 1.29 is 9.26 Å². The Morgan fingerprint density at radius 2 is 2.44 bits per heavy atom. The van der Waals surface area contributed by atoms with Crippen molar-refractivity contribution in [3.8, 4) is 10.8 Å². The number of aromatic nitrogens is 2. The summed E-state index contributed by atoms with van der Waals surface area (Å²) in [5, 5.41) is 9.84. The largest absolute Gasteiger partial charge is 0.367 e. The number of morpholine rings is 1. The summed E-state index contributed by atoms with van der Waals surface area (Å²) < 4.78 is 10.8. The number of hydrogen-bond donors (Lipinski definition) is 1. The molecule has 0 radical (unpaired) electrons. The second-order valence-corrected chi connectivity index (χ2v) is 5.34. The Labute approximate surface area is 113 Å². The summed E-state index contributed by atoms with van der Waals surface area (Å²) in [5.74, 6) is 1.03. The molecule has 0 amide bonds. The lowest BCUT2D eigenvalue weighted by molar-refractivity contribution is 0.0208. The van der Waals surface area contributed by atoms with Crippen molar-refractivity contribution in [2.75, 3.05) is 19.7 Å². The van der Waals surface area contributed by atoms with Crippen LogP contribution in [0.2, 0.25) is 5.02 Å². The van der Waals surface area contributed by atoms with E-state index >= 15 is 0 Å². The van der Waals surface area contributed by atoms with Crippen LogP contribution < -0.4 is 5.32 Å². The first-order valence-corrected chi connectivity index (χ1v) is 6.91. The molecule has 5 nitrogen and oxygen atoms in total. The predicted molar refractivity (Wildman–Crippen MR) is 68.9 cm³/mol. The molecule has 1 aliphatic heterocycles. The van der Waals surface area contributed by atoms with Gasteiger partial charge in [0.15, 0.2) is 0 Å². The Balaban J connectivity index is 1.87. The Hall–Kier alpha value is -0.950. The summed E-state index contributed by atoms with van der Waals surface area (Å²) in [6.07, 6.45) is -0.143. The molecule has 0 aromatic carbocycles. The van der Waals surface area contributed by atoms with Gasteiger partial charge in [0.1, 0.15) is 11.0 Å². The van der Waals surface area contributed by atoms with Crippen LogP contribution in [-0.2, 0) is 4.74 Å². The van der Waals surface area contributed by atoms with E-state index in [2.05, 4.69) is 15.5 Å². The number of nitrogens with one attached hydrogen (secondary N) is 1. The Morgan fingerprint density at radius 3 is 3.11 bits per heavy atom. The van der Waals surface area contributed by atoms with E-state index in [9.17, 15) is 0 Å². The van der Waals surface area contributed by atoms with Gasteiger partial charge in [0.25, 0.3) is 5.89 Å². The molecular formula is C11H12ClN3O2S. The number of aryl methyl sites for hydroxylation is 1. The zero-order valence-electron chi connectivity index (χ0n) is 9.77. The summed E-state index contributed by atoms with van der Waals surface area (Å²) in [7, 11) is 0. The summed E-state index contributed by atoms with van der Waals surface area (Å²) in [6, 6.07) is 0. The van der Waals surface area contributed by atoms with Gasteiger partial charge in [-0.1, -0.05) is 16.8 Å². The van der Waals surface area contributed by atoms with E-state index in [0.717, 1.165) is 17.0 Å². The molecule has 1 saturated heterocycles. The van der Waals surface area contributed by atoms with Gasteiger partial charge in [0.05, 0.1) is 11.6 Å². The highest BCUT2D eigenvalue weighted by Gasteiger charge is 2.23. The Bertz CT molecular complexity index is 548. The molecule has 18 heavy (non-hydrogen) atoms. The molecular weight excluding hydrogens is 274 g/mol. The van der Waals surface area contributed by atoms with Crippen LogP contribution in [0.15, 0.2) is 9.90 Å². The van der Waals surface area contributed by atoms with Gasteiger partial charge in [0.2, 0.25) is 5.82 Å². The molecule has 3 rings (SSSR count). The molecule has 7 heteroatoms. The molecule has 0 saturated carbocycles. The fraction of sp³-hybridized carbons (Fsp3) is 0.455. The van der Waals surface area contributed by atoms with E-state index in [1.54, 1.807) is 0 Å². The van der Waals surface area contributed by atoms with Crippen LogP contribution in [0.4, 0.5) is 0 Å². The van der Waals surface area contributed by atoms with Gasteiger partial charge < -0.3 is 14.6 Å². The van der Waals surface area contributed by atoms with Crippen molar-refractivity contribution in [3.05, 3.63) is 21.8 Å². The molecule has 0 spiro atoms. The summed E-state index contributed by atoms with van der Waals surface area (Å²) in [6.45, 7) is 4.18. The number of rotatable bonds is 2. The van der Waals surface area contributed by atoms with Crippen LogP contribution in [0.1, 0.15) is 17.5 Å². The highest BCUT2D eigenvalue weighted by molar-refractivity contribution is 7.14. The van der Waals surface area contributed by atoms with Crippen molar-refractivity contribution in [1.29, 1.82) is 0 Å². The second kappa shape index (κ2) is 4.97. The van der Waals surface area contributed by atoms with Gasteiger partial charge in [-0.2, -0.15) is 4.98 Å². The van der Waals surface area contributed by atoms with Gasteiger partial charge in [-0.3, -0.25) is 0 Å². The Morgan fingerprint density at radius 1 is 1.56 bits per heavy atom. The maximum atomic E-state index is 6.18. The minimum Gasteiger partial charge on any atom is -0.367 e. The lowest BCUT2D eigenvalue weighted by Gasteiger charge is -2.20. The first kappa shape index (κ1) is 12.1. The molecule has 1 unspecified atom stereocenters. The third-order valence-corrected chi connectivity index (χ3v) is 4.44. The van der Waals surface area contributed by atoms with Gasteiger partial charge in [-0.05, 0) is 17.9 Å². The van der Waals surface area contributed by atoms with E-state index < -0.39 is 0 Å². The zero-order chi connectivity index (χ0) is 12.5. The highest BCUT2D eigenvalue weighted by Crippen LogP contribution is 2.35. The number of halogens is 1. The number of thiophene rings is 1. The van der Waals surface area contributed by atoms with Crippen LogP contribution in [0.5, 0.6) is 0 Å². The lowest BCUT2D eigenvalue weighted by atomic mass is 10.3. The van der Waals surface area contributed by atoms with E-state index in [-0.39, 0.29) is 6.10 Å². The van der Waals surface area contributed by atoms with Gasteiger partial charge in [-0.25, -0.2) is 0 Å². The molecule has 1 N–H and O–H groups in total. The fourth-order valence-electron chi connectivity index (χ4n) is 1.76. The van der Waals surface area contributed by atoms with Crippen LogP contribution in [0.3, 0.4) is 0 Å². The molecule has 2 aromatic rings. The van der Waals surface area contributed by atoms with Crippen molar-refractivity contribution in [1.82, 2.24) is 15.5 Å². The normalized spacial score (nSPS) is 20.2. The number of hydrogen-bond acceptors (Lipinski definition) is 6. The first-order chi connectivity index (χ1) is 8.75. The first-order valence-electron chi connectivity index (χ1n) is 5.65. The van der Waals surface area contributed by atoms with Crippen LogP contribution in [0.25, 0.3) is 10.8 Å². The molecule has 96 valence electrons. The standard InChI is InChI=1S/C11H12ClN3O2S/c1-6-5-18-9(8(6)12)11-14-10(15-17-11)7-4-13-2-3-16-7/h5,7,13H,2-4H2,1H3. The third kappa shape index (κ3) is 2.16. The van der Waals surface area contributed by atoms with Crippen molar-refractivity contribution in [2.45, 2.75) is 13.0 Å². The summed E-state index contributed by atoms with van der Waals surface area (Å²) in [5.41, 5.74) is 1.02. The molecule has 0 aliphatic carbocycles. The van der Waals surface area contributed by atoms with Crippen LogP contribution in [-0.4, -0.2) is 29.8 Å². The van der Waals surface area contributed by atoms with E-state index in [0.29, 0.717) is 29.9 Å². The average Bonchev–Trinajstić information content (AvgIpc) is 3.00. The molecule has 1 atom stereocenters. The second-order valence-electron chi connectivity index (χ2n) is 4.08. The third-order valence-electron chi connectivity index (χ3n) is 2.75. The average molecular weight is 286 g/mol. The molecule has 2 aromatic heterocycles. The topological polar surface area (TPSA) is 60.2 Å². The SMILES string of the molecule is Cc1csc(-c2nc(C3CNCCO3)no2)c1Cl. The number of ether oxygens (including phenoxy) is 1. The Kier molecular flexibility index (Phi) is 3.34. The summed E-state index contributed by atoms with van der Waals surface area (Å²) in [4.78, 5) is 5.18. The van der Waals surface area contributed by atoms with Gasteiger partial charge >= 0.3 is 0 Å². The van der Waals surface area contributed by atoms with Crippen molar-refractivity contribution >= 4 is 22.9 Å². The predicted octanol–water partition coefficient (Wildman–Crippen LogP) is 2.42. The fourth-order valence-corrected chi connectivity index (χ4v) is 2.96.